The van der Waals surface area contributed by atoms with E-state index in [0.717, 1.165) is 6.26 Å². The van der Waals surface area contributed by atoms with E-state index in [2.05, 4.69) is 20.4 Å². The molecule has 2 rings (SSSR count). The van der Waals surface area contributed by atoms with E-state index in [-0.39, 0.29) is 0 Å². The monoisotopic (exact) mass is 295 g/mol. The molecule has 0 unspecified atom stereocenters. The zero-order valence-electron chi connectivity index (χ0n) is 10.9. The minimum atomic E-state index is -3.42. The zero-order chi connectivity index (χ0) is 14.8. The van der Waals surface area contributed by atoms with Crippen LogP contribution in [0, 0.1) is 0 Å². The molecule has 2 aromatic heterocycles. The van der Waals surface area contributed by atoms with Crippen LogP contribution in [0.3, 0.4) is 0 Å². The van der Waals surface area contributed by atoms with Gasteiger partial charge in [-0.25, -0.2) is 23.1 Å². The Kier molecular flexibility index (Phi) is 3.79. The molecule has 0 spiro atoms. The highest BCUT2D eigenvalue weighted by Crippen LogP contribution is 2.10. The summed E-state index contributed by atoms with van der Waals surface area (Å²) in [6, 6.07) is 3.24. The van der Waals surface area contributed by atoms with Crippen LogP contribution in [0.2, 0.25) is 0 Å². The largest absolute Gasteiger partial charge is 0.324 e. The summed E-state index contributed by atoms with van der Waals surface area (Å²) < 4.78 is 24.0. The van der Waals surface area contributed by atoms with Crippen molar-refractivity contribution in [3.8, 4) is 5.82 Å². The molecule has 1 N–H and O–H groups in total. The van der Waals surface area contributed by atoms with Crippen LogP contribution in [-0.2, 0) is 14.6 Å². The number of aromatic nitrogens is 4. The maximum absolute atomic E-state index is 11.7. The molecule has 0 aliphatic carbocycles. The van der Waals surface area contributed by atoms with E-state index in [1.807, 2.05) is 0 Å². The molecule has 0 aromatic carbocycles. The number of hydrogen-bond acceptors (Lipinski definition) is 6. The number of nitrogens with zero attached hydrogens (tertiary/aromatic N) is 4. The average Bonchev–Trinajstić information content (AvgIpc) is 2.91. The highest BCUT2D eigenvalue weighted by molar-refractivity contribution is 7.92. The molecule has 0 saturated heterocycles. The summed E-state index contributed by atoms with van der Waals surface area (Å²) >= 11 is 0. The van der Waals surface area contributed by atoms with Crippen molar-refractivity contribution >= 4 is 21.4 Å². The Morgan fingerprint density at radius 2 is 2.15 bits per heavy atom. The van der Waals surface area contributed by atoms with E-state index in [1.165, 1.54) is 30.5 Å². The maximum atomic E-state index is 11.7. The highest BCUT2D eigenvalue weighted by atomic mass is 32.2. The van der Waals surface area contributed by atoms with E-state index >= 15 is 0 Å². The smallest absolute Gasteiger partial charge is 0.242 e. The molecule has 0 fully saturated rings. The number of pyridine rings is 1. The first kappa shape index (κ1) is 14.1. The predicted octanol–water partition coefficient (Wildman–Crippen LogP) is 0.0339. The molecule has 8 nitrogen and oxygen atoms in total. The van der Waals surface area contributed by atoms with Gasteiger partial charge >= 0.3 is 0 Å². The second-order valence-electron chi connectivity index (χ2n) is 4.21. The summed E-state index contributed by atoms with van der Waals surface area (Å²) in [6.45, 7) is 1.34. The number of carbonyl (C=O) groups is 1. The SMILES string of the molecule is C[C@@H](C(=O)Nc1ccc(-n2cncn2)nc1)S(C)(=O)=O. The van der Waals surface area contributed by atoms with Gasteiger partial charge in [0.2, 0.25) is 5.91 Å². The molecule has 9 heteroatoms. The Hall–Kier alpha value is -2.29. The standard InChI is InChI=1S/C11H13N5O3S/c1-8(20(2,18)19)11(17)15-9-3-4-10(13-5-9)16-7-12-6-14-16/h3-8H,1-2H3,(H,15,17)/t8-/m0/s1. The lowest BCUT2D eigenvalue weighted by atomic mass is 10.3. The van der Waals surface area contributed by atoms with Gasteiger partial charge in [-0.1, -0.05) is 0 Å². The highest BCUT2D eigenvalue weighted by Gasteiger charge is 2.23. The predicted molar refractivity (Wildman–Crippen MR) is 72.1 cm³/mol. The molecule has 0 aliphatic heterocycles. The first-order valence-electron chi connectivity index (χ1n) is 5.69. The Morgan fingerprint density at radius 3 is 2.65 bits per heavy atom. The van der Waals surface area contributed by atoms with Crippen molar-refractivity contribution in [3.05, 3.63) is 31.0 Å². The van der Waals surface area contributed by atoms with Crippen molar-refractivity contribution in [3.63, 3.8) is 0 Å². The summed E-state index contributed by atoms with van der Waals surface area (Å²) in [5.41, 5.74) is 0.411. The average molecular weight is 295 g/mol. The van der Waals surface area contributed by atoms with Crippen LogP contribution in [0.1, 0.15) is 6.92 Å². The molecule has 2 heterocycles. The molecule has 0 radical (unpaired) electrons. The van der Waals surface area contributed by atoms with E-state index in [0.29, 0.717) is 11.5 Å². The quantitative estimate of drug-likeness (QED) is 0.853. The normalized spacial score (nSPS) is 12.9. The second kappa shape index (κ2) is 5.37. The van der Waals surface area contributed by atoms with E-state index in [4.69, 9.17) is 0 Å². The van der Waals surface area contributed by atoms with Gasteiger partial charge in [0.25, 0.3) is 0 Å². The van der Waals surface area contributed by atoms with Crippen molar-refractivity contribution in [1.82, 2.24) is 19.7 Å². The minimum Gasteiger partial charge on any atom is -0.324 e. The van der Waals surface area contributed by atoms with Gasteiger partial charge in [0, 0.05) is 6.26 Å². The van der Waals surface area contributed by atoms with Gasteiger partial charge in [-0.05, 0) is 19.1 Å². The Balaban J connectivity index is 2.10. The van der Waals surface area contributed by atoms with Crippen LogP contribution in [0.5, 0.6) is 0 Å². The number of amides is 1. The number of rotatable bonds is 4. The summed E-state index contributed by atoms with van der Waals surface area (Å²) in [7, 11) is -3.42. The molecule has 0 aliphatic rings. The number of anilines is 1. The van der Waals surface area contributed by atoms with Crippen LogP contribution >= 0.6 is 0 Å². The second-order valence-corrected chi connectivity index (χ2v) is 6.57. The number of carbonyl (C=O) groups excluding carboxylic acids is 1. The number of nitrogens with one attached hydrogen (secondary N) is 1. The Labute approximate surface area is 115 Å². The molecule has 0 saturated carbocycles. The molecule has 1 amide bonds. The van der Waals surface area contributed by atoms with Gasteiger partial charge in [0.15, 0.2) is 15.7 Å². The third-order valence-corrected chi connectivity index (χ3v) is 4.18. The van der Waals surface area contributed by atoms with Gasteiger partial charge in [-0.2, -0.15) is 5.10 Å². The molecule has 20 heavy (non-hydrogen) atoms. The fourth-order valence-corrected chi connectivity index (χ4v) is 1.81. The van der Waals surface area contributed by atoms with Gasteiger partial charge in [-0.15, -0.1) is 0 Å². The summed E-state index contributed by atoms with van der Waals surface area (Å²) in [4.78, 5) is 19.6. The van der Waals surface area contributed by atoms with E-state index in [9.17, 15) is 13.2 Å². The lowest BCUT2D eigenvalue weighted by molar-refractivity contribution is -0.115. The van der Waals surface area contributed by atoms with Crippen molar-refractivity contribution in [2.24, 2.45) is 0 Å². The Morgan fingerprint density at radius 1 is 1.40 bits per heavy atom. The maximum Gasteiger partial charge on any atom is 0.242 e. The van der Waals surface area contributed by atoms with Crippen molar-refractivity contribution in [2.45, 2.75) is 12.2 Å². The minimum absolute atomic E-state index is 0.411. The molecule has 0 bridgehead atoms. The first-order chi connectivity index (χ1) is 9.38. The third kappa shape index (κ3) is 3.18. The fourth-order valence-electron chi connectivity index (χ4n) is 1.36. The van der Waals surface area contributed by atoms with Crippen LogP contribution in [-0.4, -0.2) is 45.6 Å². The summed E-state index contributed by atoms with van der Waals surface area (Å²) in [5.74, 6) is -0.0560. The molecular weight excluding hydrogens is 282 g/mol. The molecule has 2 aromatic rings. The van der Waals surface area contributed by atoms with Crippen LogP contribution < -0.4 is 5.32 Å². The lowest BCUT2D eigenvalue weighted by Crippen LogP contribution is -2.31. The topological polar surface area (TPSA) is 107 Å². The Bertz CT molecular complexity index is 694. The summed E-state index contributed by atoms with van der Waals surface area (Å²) in [6.07, 6.45) is 5.31. The van der Waals surface area contributed by atoms with Gasteiger partial charge < -0.3 is 5.32 Å². The summed E-state index contributed by atoms with van der Waals surface area (Å²) in [5, 5.41) is 5.30. The first-order valence-corrected chi connectivity index (χ1v) is 7.64. The van der Waals surface area contributed by atoms with Crippen molar-refractivity contribution < 1.29 is 13.2 Å². The van der Waals surface area contributed by atoms with Gasteiger partial charge in [0.05, 0.1) is 11.9 Å². The van der Waals surface area contributed by atoms with E-state index < -0.39 is 21.0 Å². The molecular formula is C11H13N5O3S. The zero-order valence-corrected chi connectivity index (χ0v) is 11.7. The van der Waals surface area contributed by atoms with Gasteiger partial charge in [-0.3, -0.25) is 4.79 Å². The lowest BCUT2D eigenvalue weighted by Gasteiger charge is -2.10. The van der Waals surface area contributed by atoms with Crippen molar-refractivity contribution in [2.75, 3.05) is 11.6 Å². The number of sulfone groups is 1. The van der Waals surface area contributed by atoms with Crippen LogP contribution in [0.25, 0.3) is 5.82 Å². The van der Waals surface area contributed by atoms with Crippen LogP contribution in [0.4, 0.5) is 5.69 Å². The third-order valence-electron chi connectivity index (χ3n) is 2.68. The van der Waals surface area contributed by atoms with Crippen LogP contribution in [0.15, 0.2) is 31.0 Å². The fraction of sp³-hybridized carbons (Fsp3) is 0.273. The van der Waals surface area contributed by atoms with Gasteiger partial charge in [0.1, 0.15) is 17.9 Å². The van der Waals surface area contributed by atoms with Crippen molar-refractivity contribution in [1.29, 1.82) is 0 Å². The molecule has 1 atom stereocenters. The van der Waals surface area contributed by atoms with E-state index in [1.54, 1.807) is 12.1 Å². The molecule has 106 valence electrons. The number of hydrogen-bond donors (Lipinski definition) is 1.